The van der Waals surface area contributed by atoms with Gasteiger partial charge >= 0.3 is 12.0 Å². The minimum atomic E-state index is -1.08. The van der Waals surface area contributed by atoms with E-state index in [1.807, 2.05) is 13.2 Å². The minimum absolute atomic E-state index is 0.148. The maximum absolute atomic E-state index is 11.5. The number of carbonyl (C=O) groups excluding carboxylic acids is 2. The largest absolute Gasteiger partial charge is 0.480 e. The lowest BCUT2D eigenvalue weighted by Gasteiger charge is -2.17. The van der Waals surface area contributed by atoms with Crippen LogP contribution in [-0.4, -0.2) is 66.1 Å². The predicted octanol–water partition coefficient (Wildman–Crippen LogP) is -0.0298. The number of rotatable bonds is 8. The van der Waals surface area contributed by atoms with Gasteiger partial charge in [-0.3, -0.25) is 4.79 Å². The predicted molar refractivity (Wildman–Crippen MR) is 74.3 cm³/mol. The first kappa shape index (κ1) is 17.6. The van der Waals surface area contributed by atoms with Crippen LogP contribution in [0.2, 0.25) is 0 Å². The molecule has 0 heterocycles. The molecular weight excluding hydrogens is 270 g/mol. The molecule has 0 aromatic carbocycles. The summed E-state index contributed by atoms with van der Waals surface area (Å²) in [5, 5.41) is 13.6. The molecule has 7 nitrogen and oxygen atoms in total. The highest BCUT2D eigenvalue weighted by atomic mass is 32.2. The van der Waals surface area contributed by atoms with E-state index in [4.69, 9.17) is 5.11 Å². The van der Waals surface area contributed by atoms with E-state index in [1.54, 1.807) is 7.05 Å². The van der Waals surface area contributed by atoms with Gasteiger partial charge in [0.15, 0.2) is 0 Å². The molecule has 1 atom stereocenters. The molecular formula is C11H21N3O4S. The number of carboxylic acid groups (broad SMARTS) is 1. The Morgan fingerprint density at radius 2 is 2.00 bits per heavy atom. The van der Waals surface area contributed by atoms with Crippen LogP contribution in [0, 0.1) is 0 Å². The summed E-state index contributed by atoms with van der Waals surface area (Å²) in [6.45, 7) is 2.22. The van der Waals surface area contributed by atoms with E-state index < -0.39 is 18.0 Å². The quantitative estimate of drug-likeness (QED) is 0.583. The van der Waals surface area contributed by atoms with Gasteiger partial charge in [0.05, 0.1) is 6.54 Å². The zero-order chi connectivity index (χ0) is 14.8. The number of carbonyl (C=O) groups is 3. The second kappa shape index (κ2) is 9.48. The van der Waals surface area contributed by atoms with Crippen molar-refractivity contribution < 1.29 is 19.5 Å². The zero-order valence-corrected chi connectivity index (χ0v) is 12.2. The van der Waals surface area contributed by atoms with Gasteiger partial charge < -0.3 is 20.6 Å². The van der Waals surface area contributed by atoms with Gasteiger partial charge in [0.25, 0.3) is 0 Å². The Labute approximate surface area is 117 Å². The maximum Gasteiger partial charge on any atom is 0.326 e. The van der Waals surface area contributed by atoms with Crippen molar-refractivity contribution in [2.24, 2.45) is 0 Å². The van der Waals surface area contributed by atoms with Crippen LogP contribution in [0.5, 0.6) is 0 Å². The molecule has 0 aliphatic rings. The van der Waals surface area contributed by atoms with Crippen LogP contribution in [0.25, 0.3) is 0 Å². The van der Waals surface area contributed by atoms with Gasteiger partial charge in [-0.2, -0.15) is 11.8 Å². The lowest BCUT2D eigenvalue weighted by molar-refractivity contribution is -0.139. The molecule has 0 aliphatic heterocycles. The number of thioether (sulfide) groups is 1. The SMILES string of the molecule is CCN(C)C(=O)CNC(=O)NC(CCSC)C(=O)O. The number of carboxylic acids is 1. The first-order valence-corrected chi connectivity index (χ1v) is 7.31. The van der Waals surface area contributed by atoms with E-state index in [2.05, 4.69) is 10.6 Å². The number of nitrogens with zero attached hydrogens (tertiary/aromatic N) is 1. The van der Waals surface area contributed by atoms with Gasteiger partial charge in [-0.05, 0) is 25.4 Å². The van der Waals surface area contributed by atoms with Crippen molar-refractivity contribution in [3.05, 3.63) is 0 Å². The van der Waals surface area contributed by atoms with Gasteiger partial charge in [-0.25, -0.2) is 9.59 Å². The zero-order valence-electron chi connectivity index (χ0n) is 11.4. The molecule has 0 saturated heterocycles. The molecule has 0 saturated carbocycles. The second-order valence-corrected chi connectivity index (χ2v) is 4.89. The van der Waals surface area contributed by atoms with E-state index in [-0.39, 0.29) is 12.5 Å². The molecule has 0 aromatic heterocycles. The number of nitrogens with one attached hydrogen (secondary N) is 2. The molecule has 0 aromatic rings. The summed E-state index contributed by atoms with van der Waals surface area (Å²) in [6.07, 6.45) is 2.20. The fourth-order valence-corrected chi connectivity index (χ4v) is 1.64. The fraction of sp³-hybridized carbons (Fsp3) is 0.727. The van der Waals surface area contributed by atoms with Crippen molar-refractivity contribution in [2.45, 2.75) is 19.4 Å². The number of amides is 3. The Bertz CT molecular complexity index is 325. The summed E-state index contributed by atoms with van der Waals surface area (Å²) in [5.41, 5.74) is 0. The second-order valence-electron chi connectivity index (χ2n) is 3.91. The van der Waals surface area contributed by atoms with Crippen molar-refractivity contribution in [3.63, 3.8) is 0 Å². The highest BCUT2D eigenvalue weighted by Gasteiger charge is 2.19. The topological polar surface area (TPSA) is 98.7 Å². The van der Waals surface area contributed by atoms with Crippen molar-refractivity contribution >= 4 is 29.7 Å². The normalized spacial score (nSPS) is 11.5. The number of hydrogen-bond donors (Lipinski definition) is 3. The molecule has 3 N–H and O–H groups in total. The van der Waals surface area contributed by atoms with Crippen LogP contribution in [0.4, 0.5) is 4.79 Å². The number of hydrogen-bond acceptors (Lipinski definition) is 4. The van der Waals surface area contributed by atoms with Crippen molar-refractivity contribution in [1.82, 2.24) is 15.5 Å². The summed E-state index contributed by atoms with van der Waals surface area (Å²) in [6, 6.07) is -1.59. The number of aliphatic carboxylic acids is 1. The van der Waals surface area contributed by atoms with E-state index in [1.165, 1.54) is 16.7 Å². The summed E-state index contributed by atoms with van der Waals surface area (Å²) in [5.74, 6) is -0.677. The molecule has 0 spiro atoms. The molecule has 0 bridgehead atoms. The fourth-order valence-electron chi connectivity index (χ4n) is 1.17. The highest BCUT2D eigenvalue weighted by Crippen LogP contribution is 2.00. The Balaban J connectivity index is 4.13. The summed E-state index contributed by atoms with van der Waals surface area (Å²) >= 11 is 1.50. The number of likely N-dealkylation sites (N-methyl/N-ethyl adjacent to an activating group) is 1. The van der Waals surface area contributed by atoms with Crippen molar-refractivity contribution in [2.75, 3.05) is 32.1 Å². The average Bonchev–Trinajstić information content (AvgIpc) is 2.39. The molecule has 0 aliphatic carbocycles. The van der Waals surface area contributed by atoms with Crippen LogP contribution in [-0.2, 0) is 9.59 Å². The molecule has 3 amide bonds. The van der Waals surface area contributed by atoms with Crippen LogP contribution < -0.4 is 10.6 Å². The Morgan fingerprint density at radius 1 is 1.37 bits per heavy atom. The standard InChI is InChI=1S/C11H21N3O4S/c1-4-14(2)9(15)7-12-11(18)13-8(10(16)17)5-6-19-3/h8H,4-7H2,1-3H3,(H,16,17)(H2,12,13,18). The maximum atomic E-state index is 11.5. The van der Waals surface area contributed by atoms with E-state index in [0.717, 1.165) is 0 Å². The third-order valence-electron chi connectivity index (χ3n) is 2.51. The van der Waals surface area contributed by atoms with Gasteiger partial charge in [-0.1, -0.05) is 0 Å². The van der Waals surface area contributed by atoms with E-state index in [0.29, 0.717) is 18.7 Å². The third-order valence-corrected chi connectivity index (χ3v) is 3.16. The summed E-state index contributed by atoms with van der Waals surface area (Å²) in [7, 11) is 1.63. The van der Waals surface area contributed by atoms with Crippen LogP contribution in [0.15, 0.2) is 0 Å². The molecule has 0 fully saturated rings. The Hall–Kier alpha value is -1.44. The molecule has 8 heteroatoms. The Kier molecular flexibility index (Phi) is 8.77. The molecule has 19 heavy (non-hydrogen) atoms. The first-order valence-electron chi connectivity index (χ1n) is 5.92. The molecule has 110 valence electrons. The van der Waals surface area contributed by atoms with Gasteiger partial charge in [0.1, 0.15) is 6.04 Å². The smallest absolute Gasteiger partial charge is 0.326 e. The lowest BCUT2D eigenvalue weighted by Crippen LogP contribution is -2.48. The van der Waals surface area contributed by atoms with Gasteiger partial charge in [0, 0.05) is 13.6 Å². The molecule has 0 rings (SSSR count). The monoisotopic (exact) mass is 291 g/mol. The van der Waals surface area contributed by atoms with Crippen molar-refractivity contribution in [1.29, 1.82) is 0 Å². The number of urea groups is 1. The van der Waals surface area contributed by atoms with Crippen LogP contribution in [0.3, 0.4) is 0 Å². The minimum Gasteiger partial charge on any atom is -0.480 e. The highest BCUT2D eigenvalue weighted by molar-refractivity contribution is 7.98. The molecule has 1 unspecified atom stereocenters. The van der Waals surface area contributed by atoms with E-state index >= 15 is 0 Å². The van der Waals surface area contributed by atoms with Gasteiger partial charge in [-0.15, -0.1) is 0 Å². The van der Waals surface area contributed by atoms with Crippen LogP contribution >= 0.6 is 11.8 Å². The van der Waals surface area contributed by atoms with E-state index in [9.17, 15) is 14.4 Å². The molecule has 0 radical (unpaired) electrons. The Morgan fingerprint density at radius 3 is 2.47 bits per heavy atom. The van der Waals surface area contributed by atoms with Crippen LogP contribution in [0.1, 0.15) is 13.3 Å². The summed E-state index contributed by atoms with van der Waals surface area (Å²) in [4.78, 5) is 35.3. The van der Waals surface area contributed by atoms with Gasteiger partial charge in [0.2, 0.25) is 5.91 Å². The third kappa shape index (κ3) is 7.55. The lowest BCUT2D eigenvalue weighted by atomic mass is 10.2. The summed E-state index contributed by atoms with van der Waals surface area (Å²) < 4.78 is 0. The average molecular weight is 291 g/mol. The first-order chi connectivity index (χ1) is 8.92. The van der Waals surface area contributed by atoms with Crippen molar-refractivity contribution in [3.8, 4) is 0 Å².